The van der Waals surface area contributed by atoms with Crippen LogP contribution in [0.5, 0.6) is 0 Å². The molecule has 1 N–H and O–H groups in total. The minimum absolute atomic E-state index is 0.624. The van der Waals surface area contributed by atoms with Crippen LogP contribution < -0.4 is 5.32 Å². The molecule has 0 radical (unpaired) electrons. The molecule has 102 valence electrons. The summed E-state index contributed by atoms with van der Waals surface area (Å²) in [5, 5.41) is 14.6. The fourth-order valence-corrected chi connectivity index (χ4v) is 1.98. The quantitative estimate of drug-likeness (QED) is 0.770. The Hall–Kier alpha value is -2.63. The van der Waals surface area contributed by atoms with Crippen LogP contribution in [0.2, 0.25) is 0 Å². The van der Waals surface area contributed by atoms with E-state index in [1.807, 2.05) is 36.4 Å². The van der Waals surface area contributed by atoms with Gasteiger partial charge >= 0.3 is 0 Å². The van der Waals surface area contributed by atoms with Crippen molar-refractivity contribution in [3.05, 3.63) is 54.2 Å². The average Bonchev–Trinajstić information content (AvgIpc) is 3.17. The summed E-state index contributed by atoms with van der Waals surface area (Å²) >= 11 is 0. The summed E-state index contributed by atoms with van der Waals surface area (Å²) in [6.45, 7) is 2.70. The summed E-state index contributed by atoms with van der Waals surface area (Å²) < 4.78 is 7.30. The second kappa shape index (κ2) is 5.56. The predicted molar refractivity (Wildman–Crippen MR) is 74.6 cm³/mol. The number of anilines is 1. The first kappa shape index (κ1) is 12.4. The molecule has 1 aromatic carbocycles. The molecule has 0 spiro atoms. The van der Waals surface area contributed by atoms with Crippen molar-refractivity contribution in [2.75, 3.05) is 5.32 Å². The van der Waals surface area contributed by atoms with E-state index in [0.29, 0.717) is 6.54 Å². The topological polar surface area (TPSA) is 68.8 Å². The minimum atomic E-state index is 0.624. The highest BCUT2D eigenvalue weighted by Crippen LogP contribution is 2.19. The number of furan rings is 1. The molecule has 20 heavy (non-hydrogen) atoms. The zero-order chi connectivity index (χ0) is 13.8. The van der Waals surface area contributed by atoms with Crippen LogP contribution in [0.4, 0.5) is 5.69 Å². The first-order chi connectivity index (χ1) is 9.86. The number of aromatic nitrogens is 4. The molecule has 3 aromatic rings. The molecule has 0 aliphatic rings. The van der Waals surface area contributed by atoms with E-state index >= 15 is 0 Å². The highest BCUT2D eigenvalue weighted by molar-refractivity contribution is 5.60. The van der Waals surface area contributed by atoms with Gasteiger partial charge in [0.15, 0.2) is 0 Å². The van der Waals surface area contributed by atoms with E-state index in [2.05, 4.69) is 27.8 Å². The molecule has 6 nitrogen and oxygen atoms in total. The maximum absolute atomic E-state index is 5.68. The fourth-order valence-electron chi connectivity index (χ4n) is 1.98. The molecule has 0 fully saturated rings. The molecule has 0 atom stereocenters. The number of hydrogen-bond donors (Lipinski definition) is 1. The van der Waals surface area contributed by atoms with Gasteiger partial charge in [0.05, 0.1) is 17.9 Å². The first-order valence-electron chi connectivity index (χ1n) is 6.50. The Morgan fingerprint density at radius 2 is 2.00 bits per heavy atom. The van der Waals surface area contributed by atoms with Gasteiger partial charge in [-0.3, -0.25) is 0 Å². The van der Waals surface area contributed by atoms with Crippen molar-refractivity contribution in [1.29, 1.82) is 0 Å². The van der Waals surface area contributed by atoms with Gasteiger partial charge in [0, 0.05) is 6.42 Å². The van der Waals surface area contributed by atoms with Crippen LogP contribution in [0.25, 0.3) is 5.69 Å². The van der Waals surface area contributed by atoms with Gasteiger partial charge in [0.1, 0.15) is 17.8 Å². The van der Waals surface area contributed by atoms with E-state index in [4.69, 9.17) is 4.42 Å². The van der Waals surface area contributed by atoms with Crippen LogP contribution in [0, 0.1) is 0 Å². The van der Waals surface area contributed by atoms with Crippen LogP contribution in [0.3, 0.4) is 0 Å². The summed E-state index contributed by atoms with van der Waals surface area (Å²) in [4.78, 5) is 0. The SMILES string of the molecule is CCc1ccc(CNc2ccccc2-n2cnnn2)o1. The summed E-state index contributed by atoms with van der Waals surface area (Å²) in [5.41, 5.74) is 1.86. The number of aryl methyl sites for hydroxylation is 1. The molecule has 2 aromatic heterocycles. The number of tetrazole rings is 1. The van der Waals surface area contributed by atoms with Crippen LogP contribution in [0.1, 0.15) is 18.4 Å². The lowest BCUT2D eigenvalue weighted by atomic mass is 10.2. The van der Waals surface area contributed by atoms with Crippen molar-refractivity contribution in [3.63, 3.8) is 0 Å². The maximum atomic E-state index is 5.68. The Balaban J connectivity index is 1.77. The van der Waals surface area contributed by atoms with Crippen molar-refractivity contribution in [3.8, 4) is 5.69 Å². The summed E-state index contributed by atoms with van der Waals surface area (Å²) in [6, 6.07) is 11.9. The highest BCUT2D eigenvalue weighted by atomic mass is 16.3. The third-order valence-corrected chi connectivity index (χ3v) is 3.02. The Kier molecular flexibility index (Phi) is 3.45. The largest absolute Gasteiger partial charge is 0.464 e. The Bertz CT molecular complexity index is 674. The third-order valence-electron chi connectivity index (χ3n) is 3.02. The highest BCUT2D eigenvalue weighted by Gasteiger charge is 2.06. The standard InChI is InChI=1S/C14H15N5O/c1-2-11-7-8-12(20-11)9-15-13-5-3-4-6-14(13)19-10-16-17-18-19/h3-8,10,15H,2,9H2,1H3. The van der Waals surface area contributed by atoms with Crippen molar-refractivity contribution in [1.82, 2.24) is 20.2 Å². The van der Waals surface area contributed by atoms with E-state index in [1.54, 1.807) is 11.0 Å². The molecule has 0 bridgehead atoms. The summed E-state index contributed by atoms with van der Waals surface area (Å²) in [7, 11) is 0. The number of rotatable bonds is 5. The van der Waals surface area contributed by atoms with Gasteiger partial charge in [-0.15, -0.1) is 5.10 Å². The van der Waals surface area contributed by atoms with E-state index in [-0.39, 0.29) is 0 Å². The van der Waals surface area contributed by atoms with Crippen LogP contribution >= 0.6 is 0 Å². The average molecular weight is 269 g/mol. The number of para-hydroxylation sites is 2. The second-order valence-corrected chi connectivity index (χ2v) is 4.35. The van der Waals surface area contributed by atoms with Gasteiger partial charge in [-0.1, -0.05) is 19.1 Å². The zero-order valence-corrected chi connectivity index (χ0v) is 11.2. The van der Waals surface area contributed by atoms with E-state index < -0.39 is 0 Å². The molecule has 0 aliphatic heterocycles. The zero-order valence-electron chi connectivity index (χ0n) is 11.2. The first-order valence-corrected chi connectivity index (χ1v) is 6.50. The molecular formula is C14H15N5O. The van der Waals surface area contributed by atoms with E-state index in [0.717, 1.165) is 29.3 Å². The lowest BCUT2D eigenvalue weighted by Gasteiger charge is -2.09. The minimum Gasteiger partial charge on any atom is -0.464 e. The molecule has 0 amide bonds. The van der Waals surface area contributed by atoms with Crippen LogP contribution in [-0.2, 0) is 13.0 Å². The van der Waals surface area contributed by atoms with Crippen molar-refractivity contribution in [2.24, 2.45) is 0 Å². The Labute approximate surface area is 116 Å². The lowest BCUT2D eigenvalue weighted by Crippen LogP contribution is -2.04. The van der Waals surface area contributed by atoms with Crippen LogP contribution in [-0.4, -0.2) is 20.2 Å². The van der Waals surface area contributed by atoms with Crippen LogP contribution in [0.15, 0.2) is 47.1 Å². The van der Waals surface area contributed by atoms with E-state index in [1.165, 1.54) is 0 Å². The Morgan fingerprint density at radius 3 is 2.75 bits per heavy atom. The van der Waals surface area contributed by atoms with Gasteiger partial charge < -0.3 is 9.73 Å². The fraction of sp³-hybridized carbons (Fsp3) is 0.214. The number of nitrogens with zero attached hydrogens (tertiary/aromatic N) is 4. The smallest absolute Gasteiger partial charge is 0.143 e. The summed E-state index contributed by atoms with van der Waals surface area (Å²) in [6.07, 6.45) is 2.48. The van der Waals surface area contributed by atoms with E-state index in [9.17, 15) is 0 Å². The number of hydrogen-bond acceptors (Lipinski definition) is 5. The molecule has 0 saturated heterocycles. The monoisotopic (exact) mass is 269 g/mol. The van der Waals surface area contributed by atoms with Gasteiger partial charge in [-0.2, -0.15) is 4.68 Å². The van der Waals surface area contributed by atoms with Crippen molar-refractivity contribution in [2.45, 2.75) is 19.9 Å². The molecule has 0 aliphatic carbocycles. The molecule has 6 heteroatoms. The molecule has 2 heterocycles. The lowest BCUT2D eigenvalue weighted by molar-refractivity contribution is 0.476. The molecule has 0 saturated carbocycles. The van der Waals surface area contributed by atoms with Gasteiger partial charge in [-0.05, 0) is 34.7 Å². The molecule has 0 unspecified atom stereocenters. The molecular weight excluding hydrogens is 254 g/mol. The molecule has 3 rings (SSSR count). The second-order valence-electron chi connectivity index (χ2n) is 4.35. The van der Waals surface area contributed by atoms with Gasteiger partial charge in [0.25, 0.3) is 0 Å². The number of benzene rings is 1. The third kappa shape index (κ3) is 2.54. The summed E-state index contributed by atoms with van der Waals surface area (Å²) in [5.74, 6) is 1.91. The predicted octanol–water partition coefficient (Wildman–Crippen LogP) is 2.43. The number of nitrogens with one attached hydrogen (secondary N) is 1. The van der Waals surface area contributed by atoms with Gasteiger partial charge in [-0.25, -0.2) is 0 Å². The van der Waals surface area contributed by atoms with Crippen molar-refractivity contribution >= 4 is 5.69 Å². The normalized spacial score (nSPS) is 10.7. The Morgan fingerprint density at radius 1 is 1.15 bits per heavy atom. The van der Waals surface area contributed by atoms with Crippen molar-refractivity contribution < 1.29 is 4.42 Å². The maximum Gasteiger partial charge on any atom is 0.143 e. The van der Waals surface area contributed by atoms with Gasteiger partial charge in [0.2, 0.25) is 0 Å².